The number of aliphatic hydroxyl groups excluding tert-OH is 1. The van der Waals surface area contributed by atoms with E-state index in [-0.39, 0.29) is 96.5 Å². The van der Waals surface area contributed by atoms with Crippen molar-refractivity contribution in [1.29, 1.82) is 0 Å². The molecule has 11 rings (SSSR count). The molecule has 0 saturated carbocycles. The normalized spacial score (nSPS) is 28.9. The van der Waals surface area contributed by atoms with Gasteiger partial charge in [-0.05, 0) is 65.0 Å². The highest BCUT2D eigenvalue weighted by atomic mass is 79.9. The summed E-state index contributed by atoms with van der Waals surface area (Å²) in [4.78, 5) is 143. The van der Waals surface area contributed by atoms with Crippen molar-refractivity contribution in [2.75, 3.05) is 104 Å². The molecule has 54 heteroatoms. The van der Waals surface area contributed by atoms with Gasteiger partial charge in [-0.1, -0.05) is 37.5 Å². The Morgan fingerprint density at radius 2 is 1.14 bits per heavy atom. The van der Waals surface area contributed by atoms with Crippen LogP contribution in [0, 0.1) is 18.8 Å². The fraction of sp³-hybridized carbons (Fsp3) is 0.638. The number of hydrogen-bond donors (Lipinski definition) is 8. The zero-order valence-electron chi connectivity index (χ0n) is 59.8. The summed E-state index contributed by atoms with van der Waals surface area (Å²) in [7, 11) is 2.34. The van der Waals surface area contributed by atoms with Gasteiger partial charge in [-0.15, -0.1) is 0 Å². The Bertz CT molecular complexity index is 4970. The van der Waals surface area contributed by atoms with Crippen molar-refractivity contribution in [2.24, 2.45) is 17.6 Å². The number of aromatic nitrogens is 12. The molecule has 620 valence electrons. The van der Waals surface area contributed by atoms with Gasteiger partial charge in [0.15, 0.2) is 30.4 Å². The molecule has 0 radical (unpaired) electrons. The third-order valence-corrected chi connectivity index (χ3v) is 25.8. The highest BCUT2D eigenvalue weighted by molar-refractivity contribution is 9.10. The second-order valence-electron chi connectivity index (χ2n) is 25.9. The van der Waals surface area contributed by atoms with Gasteiger partial charge in [0.1, 0.15) is 92.6 Å². The van der Waals surface area contributed by atoms with Crippen molar-refractivity contribution in [3.05, 3.63) is 126 Å². The van der Waals surface area contributed by atoms with Crippen molar-refractivity contribution in [2.45, 2.75) is 138 Å². The maximum absolute atomic E-state index is 15.0. The lowest BCUT2D eigenvalue weighted by Crippen LogP contribution is -2.41. The van der Waals surface area contributed by atoms with Gasteiger partial charge in [-0.3, -0.25) is 56.7 Å². The molecule has 0 bridgehead atoms. The molecule has 21 atom stereocenters. The molecule has 45 nitrogen and oxygen atoms in total. The molecule has 0 aromatic carbocycles. The van der Waals surface area contributed by atoms with Gasteiger partial charge in [-0.2, -0.15) is 15.0 Å². The largest absolute Gasteiger partial charge is 0.780 e. The van der Waals surface area contributed by atoms with E-state index >= 15 is 0 Å². The summed E-state index contributed by atoms with van der Waals surface area (Å²) < 4.78 is 129. The molecule has 12 N–H and O–H groups in total. The fourth-order valence-corrected chi connectivity index (χ4v) is 19.7. The second-order valence-corrected chi connectivity index (χ2v) is 37.9. The predicted octanol–water partition coefficient (Wildman–Crippen LogP) is -1.83. The van der Waals surface area contributed by atoms with Gasteiger partial charge >= 0.3 is 29.5 Å². The average Bonchev–Trinajstić information content (AvgIpc) is 1.62. The topological polar surface area (TPSA) is 597 Å². The molecule has 6 unspecified atom stereocenters. The van der Waals surface area contributed by atoms with Crippen molar-refractivity contribution in [3.63, 3.8) is 0 Å². The Labute approximate surface area is 662 Å². The number of ether oxygens (including phenoxy) is 9. The molecular weight excluding hydrogens is 1720 g/mol. The number of aryl methyl sites for hydroxylation is 1. The Morgan fingerprint density at radius 1 is 0.616 bits per heavy atom. The molecule has 6 aromatic rings. The summed E-state index contributed by atoms with van der Waals surface area (Å²) in [6.45, 7) is -16.4. The summed E-state index contributed by atoms with van der Waals surface area (Å²) >= 11 is 25.7. The lowest BCUT2D eigenvalue weighted by Gasteiger charge is -2.37. The first-order chi connectivity index (χ1) is 53.1. The van der Waals surface area contributed by atoms with Crippen LogP contribution >= 0.6 is 42.9 Å². The third-order valence-electron chi connectivity index (χ3n) is 18.2. The number of anilines is 3. The number of methoxy groups -OCH3 is 2. The van der Waals surface area contributed by atoms with Crippen LogP contribution in [0.1, 0.15) is 69.8 Å². The number of fused-ring (bicyclic) bond motifs is 1. The maximum atomic E-state index is 15.0. The minimum Gasteiger partial charge on any atom is -0.780 e. The molecule has 5 fully saturated rings. The standard InChI is InChI=1S/C58H83BrN16O29P4S4/c1-27(2)29-16-40(71-9-6-38(61)65-55(71)80)96-34(29)22-95-108(112,91-15-14-90-13-12-89-11-8-60)102-32-18-41(73-19-28(3)49(77)69-57(73)82)97-36(32)24-92-105(84,109)101-31-17-42(75-26-64-43-48(75)67-54(63)68-51(43)79)98-35(31)23-93-106(85,110)104-45-37(100-52(47(45)88-5)72-10-7-39(62)66-56(72)81)25-94-107(86,111)103-44-33(21-76)99-53(46(44)87-4)74-20-30(59)50(78)70-58(74)83/h6-7,9-10,19-20,26-27,29,31-37,40-42,44-47,52-53,76H,8,11-18,21-25,60H2,1-5H3,(H,84,109)(H,85,110)(H,86,111)(H2,61,65,80)(H2,62,66,81)(H,69,77,82)(H,70,78,83)(H3,63,67,68,79)/p-3/t29-,31+,32+,33+,34+,35+,36+,37+,40+,41+,42+,44-,45-,46?,47?,52+,53+,105?,106?,107?,108?/m0/s1. The van der Waals surface area contributed by atoms with E-state index in [4.69, 9.17) is 154 Å². The Morgan fingerprint density at radius 3 is 1.76 bits per heavy atom. The summed E-state index contributed by atoms with van der Waals surface area (Å²) in [6.07, 6.45) is -15.9. The zero-order chi connectivity index (χ0) is 80.9. The number of H-pyrrole nitrogens is 3. The van der Waals surface area contributed by atoms with E-state index in [0.717, 1.165) is 27.0 Å². The first-order valence-corrected chi connectivity index (χ1v) is 45.2. The number of aromatic amines is 3. The van der Waals surface area contributed by atoms with Crippen molar-refractivity contribution in [3.8, 4) is 0 Å². The second kappa shape index (κ2) is 37.7. The summed E-state index contributed by atoms with van der Waals surface area (Å²) in [5.74, 6) is -0.745. The third kappa shape index (κ3) is 21.3. The molecule has 11 heterocycles. The molecule has 5 aliphatic heterocycles. The lowest BCUT2D eigenvalue weighted by molar-refractivity contribution is -0.221. The molecule has 6 aromatic heterocycles. The number of halogens is 1. The van der Waals surface area contributed by atoms with Crippen LogP contribution in [0.4, 0.5) is 17.6 Å². The van der Waals surface area contributed by atoms with E-state index in [0.29, 0.717) is 19.6 Å². The zero-order valence-corrected chi connectivity index (χ0v) is 68.3. The first kappa shape index (κ1) is 87.8. The molecule has 0 aliphatic carbocycles. The number of imidazole rings is 1. The van der Waals surface area contributed by atoms with Crippen LogP contribution in [0.25, 0.3) is 11.2 Å². The van der Waals surface area contributed by atoms with Crippen LogP contribution in [0.5, 0.6) is 0 Å². The summed E-state index contributed by atoms with van der Waals surface area (Å²) in [5.41, 5.74) is 17.3. The van der Waals surface area contributed by atoms with E-state index in [1.165, 1.54) is 60.2 Å². The predicted molar refractivity (Wildman–Crippen MR) is 402 cm³/mol. The lowest BCUT2D eigenvalue weighted by atomic mass is 9.89. The smallest absolute Gasteiger partial charge is 0.351 e. The molecule has 0 amide bonds. The number of nitrogen functional groups attached to an aromatic ring is 3. The van der Waals surface area contributed by atoms with Gasteiger partial charge in [0, 0.05) is 64.0 Å². The fourth-order valence-electron chi connectivity index (χ4n) is 12.9. The van der Waals surface area contributed by atoms with Crippen LogP contribution in [-0.2, 0) is 136 Å². The minimum absolute atomic E-state index is 0.0150. The highest BCUT2D eigenvalue weighted by Gasteiger charge is 2.52. The number of nitrogens with two attached hydrogens (primary N) is 4. The van der Waals surface area contributed by atoms with E-state index in [9.17, 15) is 53.0 Å². The molecule has 5 saturated heterocycles. The quantitative estimate of drug-likeness (QED) is 0.0120. The summed E-state index contributed by atoms with van der Waals surface area (Å²) in [6, 6.07) is 2.70. The number of nitrogens with zero attached hydrogens (tertiary/aromatic N) is 9. The Hall–Kier alpha value is -5.00. The van der Waals surface area contributed by atoms with Crippen LogP contribution in [-0.4, -0.2) is 217 Å². The Kier molecular flexibility index (Phi) is 29.6. The average molecular weight is 1800 g/mol. The SMILES string of the molecule is COC1[C@@H](OP([O-])(=S)OC[C@H]2O[C@@H](n3cnc4c(=O)[nH]c(N)nc43)C[C@H]2OP(=O)([S-])OC[C@H]2O[C@@H](n3cc(C)c(=O)[nH]c3=O)C[C@H]2OP(=S)(OCCOCCOCCN)OC[C@H]2O[C@@H](n3ccc(N)nc3=O)C[C@H]2C(C)C)[C@@H](COP([O-])(=S)O[C@@H]2C(OC)[C@H](n3cc(Br)c(=O)[nH]c3=O)O[C@@H]2CO)O[C@H]1n1ccc(N)nc1=O. The van der Waals surface area contributed by atoms with E-state index in [1.54, 1.807) is 0 Å². The number of rotatable bonds is 38. The van der Waals surface area contributed by atoms with Crippen molar-refractivity contribution in [1.82, 2.24) is 57.7 Å². The van der Waals surface area contributed by atoms with Gasteiger partial charge < -0.3 is 133 Å². The maximum Gasteiger partial charge on any atom is 0.351 e. The van der Waals surface area contributed by atoms with Gasteiger partial charge in [0.25, 0.3) is 16.7 Å². The number of hydrogen-bond acceptors (Lipinski definition) is 41. The van der Waals surface area contributed by atoms with Crippen molar-refractivity contribution < 1.29 is 103 Å². The summed E-state index contributed by atoms with van der Waals surface area (Å²) in [5, 5.41) is 10.4. The van der Waals surface area contributed by atoms with E-state index in [2.05, 4.69) is 50.8 Å². The van der Waals surface area contributed by atoms with Crippen LogP contribution < -0.4 is 72.2 Å². The molecule has 112 heavy (non-hydrogen) atoms. The van der Waals surface area contributed by atoms with Crippen LogP contribution in [0.15, 0.2) is 81.3 Å². The molecular formula is C58H80BrN16O29P4S4-3. The highest BCUT2D eigenvalue weighted by Crippen LogP contribution is 2.57. The molecule has 5 aliphatic rings. The first-order valence-electron chi connectivity index (χ1n) is 34.1. The van der Waals surface area contributed by atoms with Crippen LogP contribution in [0.2, 0.25) is 0 Å². The van der Waals surface area contributed by atoms with Crippen molar-refractivity contribution >= 4 is 119 Å². The Balaban J connectivity index is 0.835. The van der Waals surface area contributed by atoms with E-state index in [1.807, 2.05) is 13.8 Å². The molecule has 0 spiro atoms. The van der Waals surface area contributed by atoms with Crippen LogP contribution in [0.3, 0.4) is 0 Å². The number of aliphatic hydroxyl groups is 1. The van der Waals surface area contributed by atoms with Gasteiger partial charge in [0.05, 0.1) is 95.2 Å². The van der Waals surface area contributed by atoms with Gasteiger partial charge in [0.2, 0.25) is 5.95 Å². The minimum atomic E-state index is -5.03. The monoisotopic (exact) mass is 1800 g/mol. The number of nitrogens with one attached hydrogen (secondary N) is 3. The van der Waals surface area contributed by atoms with E-state index < -0.39 is 191 Å². The van der Waals surface area contributed by atoms with Gasteiger partial charge in [-0.25, -0.2) is 24.2 Å².